The van der Waals surface area contributed by atoms with Crippen LogP contribution in [-0.4, -0.2) is 0 Å². The molecule has 0 saturated heterocycles. The molecule has 0 heterocycles. The second-order valence-electron chi connectivity index (χ2n) is 5.12. The third kappa shape index (κ3) is 2.27. The van der Waals surface area contributed by atoms with Gasteiger partial charge in [0.1, 0.15) is 0 Å². The molecule has 1 spiro atoms. The topological polar surface area (TPSA) is 0 Å². The summed E-state index contributed by atoms with van der Waals surface area (Å²) in [5, 5.41) is 0. The van der Waals surface area contributed by atoms with Gasteiger partial charge in [-0.2, -0.15) is 0 Å². The molecule has 0 bridgehead atoms. The lowest BCUT2D eigenvalue weighted by atomic mass is 9.58. The molecular formula is C13H26. The first-order valence-electron chi connectivity index (χ1n) is 6.22. The van der Waals surface area contributed by atoms with Crippen molar-refractivity contribution in [3.05, 3.63) is 0 Å². The number of hydrogen-bond acceptors (Lipinski definition) is 0. The van der Waals surface area contributed by atoms with Gasteiger partial charge in [0.25, 0.3) is 0 Å². The van der Waals surface area contributed by atoms with E-state index in [0.717, 1.165) is 17.3 Å². The maximum absolute atomic E-state index is 2.38. The van der Waals surface area contributed by atoms with Gasteiger partial charge >= 0.3 is 0 Å². The van der Waals surface area contributed by atoms with E-state index in [4.69, 9.17) is 0 Å². The van der Waals surface area contributed by atoms with Crippen LogP contribution in [0.3, 0.4) is 0 Å². The fraction of sp³-hybridized carbons (Fsp3) is 1.00. The average molecular weight is 182 g/mol. The summed E-state index contributed by atoms with van der Waals surface area (Å²) < 4.78 is 0. The van der Waals surface area contributed by atoms with E-state index in [1.807, 2.05) is 13.8 Å². The fourth-order valence-corrected chi connectivity index (χ4v) is 3.06. The smallest absolute Gasteiger partial charge is 0.0292 e. The summed E-state index contributed by atoms with van der Waals surface area (Å²) in [6, 6.07) is 0. The summed E-state index contributed by atoms with van der Waals surface area (Å²) in [5.41, 5.74) is 0.870. The zero-order valence-electron chi connectivity index (χ0n) is 9.90. The van der Waals surface area contributed by atoms with E-state index in [1.165, 1.54) is 12.8 Å². The lowest BCUT2D eigenvalue weighted by Gasteiger charge is -2.47. The Kier molecular flexibility index (Phi) is 3.82. The predicted molar refractivity (Wildman–Crippen MR) is 59.8 cm³/mol. The summed E-state index contributed by atoms with van der Waals surface area (Å²) in [6.07, 6.45) is 9.26. The van der Waals surface area contributed by atoms with Crippen molar-refractivity contribution in [2.45, 2.75) is 66.2 Å². The van der Waals surface area contributed by atoms with Gasteiger partial charge in [0, 0.05) is 0 Å². The Labute approximate surface area is 84.1 Å². The molecule has 0 amide bonds. The Morgan fingerprint density at radius 1 is 1.00 bits per heavy atom. The zero-order valence-corrected chi connectivity index (χ0v) is 9.90. The molecule has 78 valence electrons. The van der Waals surface area contributed by atoms with E-state index in [0.29, 0.717) is 0 Å². The van der Waals surface area contributed by atoms with E-state index >= 15 is 0 Å². The summed E-state index contributed by atoms with van der Waals surface area (Å²) in [4.78, 5) is 0. The van der Waals surface area contributed by atoms with Gasteiger partial charge in [-0.15, -0.1) is 0 Å². The van der Waals surface area contributed by atoms with Gasteiger partial charge < -0.3 is 0 Å². The largest absolute Gasteiger partial charge is 0.0683 e. The number of hydrogen-bond donors (Lipinski definition) is 0. The van der Waals surface area contributed by atoms with Gasteiger partial charge in [-0.3, -0.25) is 0 Å². The third-order valence-corrected chi connectivity index (χ3v) is 4.00. The number of rotatable bonds is 1. The first-order chi connectivity index (χ1) is 6.22. The standard InChI is InChI=1S/C11H20.C2H6/c1-9(2)10-7-11(8-10)5-3-4-6-11;1-2/h9-10H,3-8H2,1-2H3;1-2H3. The van der Waals surface area contributed by atoms with Gasteiger partial charge in [0.2, 0.25) is 0 Å². The Balaban J connectivity index is 0.000000396. The molecule has 2 saturated carbocycles. The average Bonchev–Trinajstić information content (AvgIpc) is 2.53. The van der Waals surface area contributed by atoms with Crippen LogP contribution >= 0.6 is 0 Å². The lowest BCUT2D eigenvalue weighted by molar-refractivity contribution is 0.0322. The molecule has 2 rings (SSSR count). The Morgan fingerprint density at radius 3 is 1.85 bits per heavy atom. The van der Waals surface area contributed by atoms with Gasteiger partial charge in [0.15, 0.2) is 0 Å². The minimum Gasteiger partial charge on any atom is -0.0683 e. The van der Waals surface area contributed by atoms with Crippen LogP contribution in [0.4, 0.5) is 0 Å². The summed E-state index contributed by atoms with van der Waals surface area (Å²) in [7, 11) is 0. The first kappa shape index (κ1) is 11.1. The molecule has 0 heteroatoms. The van der Waals surface area contributed by atoms with Crippen molar-refractivity contribution in [1.82, 2.24) is 0 Å². The van der Waals surface area contributed by atoms with Crippen molar-refractivity contribution in [2.24, 2.45) is 17.3 Å². The molecule has 0 N–H and O–H groups in total. The van der Waals surface area contributed by atoms with Crippen LogP contribution in [0.15, 0.2) is 0 Å². The van der Waals surface area contributed by atoms with Gasteiger partial charge in [0.05, 0.1) is 0 Å². The molecular weight excluding hydrogens is 156 g/mol. The van der Waals surface area contributed by atoms with Gasteiger partial charge in [-0.25, -0.2) is 0 Å². The summed E-state index contributed by atoms with van der Waals surface area (Å²) in [5.74, 6) is 2.02. The fourth-order valence-electron chi connectivity index (χ4n) is 3.06. The maximum Gasteiger partial charge on any atom is -0.0292 e. The van der Waals surface area contributed by atoms with Crippen molar-refractivity contribution in [1.29, 1.82) is 0 Å². The molecule has 0 aromatic heterocycles. The van der Waals surface area contributed by atoms with E-state index in [9.17, 15) is 0 Å². The second kappa shape index (κ2) is 4.48. The summed E-state index contributed by atoms with van der Waals surface area (Å²) >= 11 is 0. The van der Waals surface area contributed by atoms with E-state index in [1.54, 1.807) is 25.7 Å². The molecule has 0 nitrogen and oxygen atoms in total. The Morgan fingerprint density at radius 2 is 1.46 bits per heavy atom. The van der Waals surface area contributed by atoms with E-state index < -0.39 is 0 Å². The molecule has 13 heavy (non-hydrogen) atoms. The van der Waals surface area contributed by atoms with Crippen molar-refractivity contribution >= 4 is 0 Å². The van der Waals surface area contributed by atoms with Gasteiger partial charge in [-0.1, -0.05) is 40.5 Å². The van der Waals surface area contributed by atoms with E-state index in [2.05, 4.69) is 13.8 Å². The zero-order chi connectivity index (χ0) is 9.90. The molecule has 0 aromatic rings. The highest BCUT2D eigenvalue weighted by molar-refractivity contribution is 4.97. The summed E-state index contributed by atoms with van der Waals surface area (Å²) in [6.45, 7) is 8.76. The van der Waals surface area contributed by atoms with Crippen molar-refractivity contribution in [3.63, 3.8) is 0 Å². The second-order valence-corrected chi connectivity index (χ2v) is 5.12. The van der Waals surface area contributed by atoms with Crippen LogP contribution in [0, 0.1) is 17.3 Å². The molecule has 2 aliphatic carbocycles. The van der Waals surface area contributed by atoms with Crippen molar-refractivity contribution in [3.8, 4) is 0 Å². The maximum atomic E-state index is 2.38. The third-order valence-electron chi connectivity index (χ3n) is 4.00. The minimum absolute atomic E-state index is 0.870. The molecule has 0 aliphatic heterocycles. The highest BCUT2D eigenvalue weighted by Gasteiger charge is 2.46. The van der Waals surface area contributed by atoms with E-state index in [-0.39, 0.29) is 0 Å². The van der Waals surface area contributed by atoms with Crippen LogP contribution in [0.5, 0.6) is 0 Å². The molecule has 2 fully saturated rings. The molecule has 2 aliphatic rings. The Hall–Kier alpha value is 0. The van der Waals surface area contributed by atoms with Crippen molar-refractivity contribution < 1.29 is 0 Å². The highest BCUT2D eigenvalue weighted by Crippen LogP contribution is 2.57. The molecule has 0 radical (unpaired) electrons. The Bertz CT molecular complexity index is 132. The molecule has 0 unspecified atom stereocenters. The molecule has 0 atom stereocenters. The quantitative estimate of drug-likeness (QED) is 0.554. The lowest BCUT2D eigenvalue weighted by Crippen LogP contribution is -2.37. The van der Waals surface area contributed by atoms with Crippen LogP contribution in [0.25, 0.3) is 0 Å². The highest BCUT2D eigenvalue weighted by atomic mass is 14.5. The minimum atomic E-state index is 0.870. The van der Waals surface area contributed by atoms with Crippen molar-refractivity contribution in [2.75, 3.05) is 0 Å². The van der Waals surface area contributed by atoms with Crippen LogP contribution in [0.2, 0.25) is 0 Å². The van der Waals surface area contributed by atoms with Gasteiger partial charge in [-0.05, 0) is 42.9 Å². The monoisotopic (exact) mass is 182 g/mol. The SMILES string of the molecule is CC.CC(C)C1CC2(CCCC2)C1. The van der Waals surface area contributed by atoms with Crippen LogP contribution in [0.1, 0.15) is 66.2 Å². The predicted octanol–water partition coefficient (Wildman–Crippen LogP) is 4.64. The molecule has 0 aromatic carbocycles. The van der Waals surface area contributed by atoms with Crippen LogP contribution in [-0.2, 0) is 0 Å². The first-order valence-corrected chi connectivity index (χ1v) is 6.22. The normalized spacial score (nSPS) is 25.6. The van der Waals surface area contributed by atoms with Crippen LogP contribution < -0.4 is 0 Å².